The van der Waals surface area contributed by atoms with E-state index in [1.807, 2.05) is 30.3 Å². The van der Waals surface area contributed by atoms with Crippen LogP contribution in [0.1, 0.15) is 49.0 Å². The third-order valence-electron chi connectivity index (χ3n) is 6.16. The number of hydrogen-bond acceptors (Lipinski definition) is 5. The molecule has 0 aromatic heterocycles. The van der Waals surface area contributed by atoms with Crippen LogP contribution in [0.2, 0.25) is 0 Å². The first kappa shape index (κ1) is 27.1. The first-order chi connectivity index (χ1) is 18.9. The molecular weight excluding hydrogens is 492 g/mol. The van der Waals surface area contributed by atoms with Crippen molar-refractivity contribution in [3.05, 3.63) is 137 Å². The second-order valence-electron chi connectivity index (χ2n) is 8.93. The molecular formula is C31H30N4O4. The first-order valence-corrected chi connectivity index (χ1v) is 12.5. The summed E-state index contributed by atoms with van der Waals surface area (Å²) in [4.78, 5) is 37.7. The lowest BCUT2D eigenvalue weighted by Gasteiger charge is -2.20. The molecule has 0 heterocycles. The van der Waals surface area contributed by atoms with Crippen LogP contribution in [0, 0.1) is 0 Å². The molecule has 0 saturated heterocycles. The molecule has 8 heteroatoms. The Hall–Kier alpha value is -4.95. The molecule has 0 aliphatic rings. The van der Waals surface area contributed by atoms with E-state index < -0.39 is 17.9 Å². The summed E-state index contributed by atoms with van der Waals surface area (Å²) in [5.41, 5.74) is 15.1. The van der Waals surface area contributed by atoms with Crippen molar-refractivity contribution in [3.8, 4) is 5.75 Å². The van der Waals surface area contributed by atoms with Gasteiger partial charge >= 0.3 is 0 Å². The molecule has 0 aliphatic heterocycles. The van der Waals surface area contributed by atoms with Crippen LogP contribution >= 0.6 is 0 Å². The van der Waals surface area contributed by atoms with Gasteiger partial charge in [-0.25, -0.2) is 0 Å². The fourth-order valence-corrected chi connectivity index (χ4v) is 3.88. The minimum Gasteiger partial charge on any atom is -0.489 e. The number of amides is 3. The summed E-state index contributed by atoms with van der Waals surface area (Å²) in [5.74, 6) is -0.670. The second kappa shape index (κ2) is 13.0. The second-order valence-corrected chi connectivity index (χ2v) is 8.93. The highest BCUT2D eigenvalue weighted by Crippen LogP contribution is 2.20. The zero-order chi connectivity index (χ0) is 27.6. The number of hydrogen-bond donors (Lipinski definition) is 4. The fraction of sp³-hybridized carbons (Fsp3) is 0.129. The Bertz CT molecular complexity index is 1400. The number of carbonyl (C=O) groups is 3. The van der Waals surface area contributed by atoms with E-state index in [0.29, 0.717) is 35.6 Å². The largest absolute Gasteiger partial charge is 0.489 e. The standard InChI is InChI=1S/C31H30N4O4/c32-18-21-6-12-26(13-7-21)30(37)35-28(31(38)34-19-22-8-10-25(11-9-22)29(33)36)24-14-16-27(17-15-24)39-20-23-4-2-1-3-5-23/h1-17,28H,18-20,32H2,(H2,33,36)(H,34,38)(H,35,37)/t28-/m0/s1. The molecule has 0 bridgehead atoms. The molecule has 0 radical (unpaired) electrons. The van der Waals surface area contributed by atoms with Gasteiger partial charge in [0.25, 0.3) is 5.91 Å². The Labute approximate surface area is 227 Å². The monoisotopic (exact) mass is 522 g/mol. The highest BCUT2D eigenvalue weighted by molar-refractivity contribution is 5.98. The molecule has 0 unspecified atom stereocenters. The number of ether oxygens (including phenoxy) is 1. The summed E-state index contributed by atoms with van der Waals surface area (Å²) in [6, 6.07) is 29.4. The quantitative estimate of drug-likeness (QED) is 0.239. The molecule has 1 atom stereocenters. The molecule has 0 fully saturated rings. The van der Waals surface area contributed by atoms with Gasteiger partial charge in [-0.15, -0.1) is 0 Å². The van der Waals surface area contributed by atoms with Crippen molar-refractivity contribution in [1.29, 1.82) is 0 Å². The van der Waals surface area contributed by atoms with Gasteiger partial charge in [0.1, 0.15) is 18.4 Å². The maximum atomic E-state index is 13.3. The number of rotatable bonds is 11. The lowest BCUT2D eigenvalue weighted by atomic mass is 10.0. The summed E-state index contributed by atoms with van der Waals surface area (Å²) in [5, 5.41) is 5.71. The Morgan fingerprint density at radius 2 is 1.33 bits per heavy atom. The van der Waals surface area contributed by atoms with Gasteiger partial charge in [0.15, 0.2) is 0 Å². The normalized spacial score (nSPS) is 11.3. The highest BCUT2D eigenvalue weighted by Gasteiger charge is 2.23. The van der Waals surface area contributed by atoms with E-state index >= 15 is 0 Å². The highest BCUT2D eigenvalue weighted by atomic mass is 16.5. The minimum atomic E-state index is -0.959. The molecule has 8 nitrogen and oxygen atoms in total. The van der Waals surface area contributed by atoms with Crippen LogP contribution in [0.4, 0.5) is 0 Å². The first-order valence-electron chi connectivity index (χ1n) is 12.5. The molecule has 4 rings (SSSR count). The van der Waals surface area contributed by atoms with Crippen LogP contribution in [0.5, 0.6) is 5.75 Å². The lowest BCUT2D eigenvalue weighted by molar-refractivity contribution is -0.123. The molecule has 4 aromatic rings. The van der Waals surface area contributed by atoms with Gasteiger partial charge in [-0.05, 0) is 58.7 Å². The zero-order valence-corrected chi connectivity index (χ0v) is 21.3. The molecule has 0 aliphatic carbocycles. The summed E-state index contributed by atoms with van der Waals surface area (Å²) in [7, 11) is 0. The Morgan fingerprint density at radius 1 is 0.718 bits per heavy atom. The van der Waals surface area contributed by atoms with Crippen molar-refractivity contribution in [2.24, 2.45) is 11.5 Å². The van der Waals surface area contributed by atoms with E-state index in [1.54, 1.807) is 72.8 Å². The van der Waals surface area contributed by atoms with Crippen molar-refractivity contribution in [2.45, 2.75) is 25.7 Å². The van der Waals surface area contributed by atoms with Crippen LogP contribution in [-0.2, 0) is 24.5 Å². The van der Waals surface area contributed by atoms with Gasteiger partial charge < -0.3 is 26.8 Å². The molecule has 39 heavy (non-hydrogen) atoms. The summed E-state index contributed by atoms with van der Waals surface area (Å²) >= 11 is 0. The van der Waals surface area contributed by atoms with E-state index in [0.717, 1.165) is 16.7 Å². The predicted molar refractivity (Wildman–Crippen MR) is 149 cm³/mol. The van der Waals surface area contributed by atoms with Crippen LogP contribution in [0.15, 0.2) is 103 Å². The molecule has 0 spiro atoms. The van der Waals surface area contributed by atoms with Gasteiger partial charge in [0.2, 0.25) is 11.8 Å². The third kappa shape index (κ3) is 7.53. The topological polar surface area (TPSA) is 137 Å². The number of benzene rings is 4. The van der Waals surface area contributed by atoms with E-state index in [2.05, 4.69) is 10.6 Å². The molecule has 0 saturated carbocycles. The smallest absolute Gasteiger partial charge is 0.252 e. The van der Waals surface area contributed by atoms with Crippen LogP contribution < -0.4 is 26.8 Å². The van der Waals surface area contributed by atoms with Crippen LogP contribution in [0.25, 0.3) is 0 Å². The maximum Gasteiger partial charge on any atom is 0.252 e. The average Bonchev–Trinajstić information content (AvgIpc) is 2.98. The number of carbonyl (C=O) groups excluding carboxylic acids is 3. The van der Waals surface area contributed by atoms with Crippen LogP contribution in [-0.4, -0.2) is 17.7 Å². The molecule has 198 valence electrons. The van der Waals surface area contributed by atoms with Gasteiger partial charge in [0.05, 0.1) is 0 Å². The number of primary amides is 1. The van der Waals surface area contributed by atoms with Crippen molar-refractivity contribution in [3.63, 3.8) is 0 Å². The van der Waals surface area contributed by atoms with Crippen molar-refractivity contribution >= 4 is 17.7 Å². The SMILES string of the molecule is NCc1ccc(C(=O)N[C@H](C(=O)NCc2ccc(C(N)=O)cc2)c2ccc(OCc3ccccc3)cc2)cc1. The van der Waals surface area contributed by atoms with Gasteiger partial charge in [-0.1, -0.05) is 66.7 Å². The fourth-order valence-electron chi connectivity index (χ4n) is 3.88. The average molecular weight is 523 g/mol. The summed E-state index contributed by atoms with van der Waals surface area (Å²) in [6.07, 6.45) is 0. The van der Waals surface area contributed by atoms with Crippen molar-refractivity contribution in [1.82, 2.24) is 10.6 Å². The van der Waals surface area contributed by atoms with Gasteiger partial charge in [-0.2, -0.15) is 0 Å². The van der Waals surface area contributed by atoms with Gasteiger partial charge in [-0.3, -0.25) is 14.4 Å². The maximum absolute atomic E-state index is 13.3. The summed E-state index contributed by atoms with van der Waals surface area (Å²) < 4.78 is 5.86. The molecule has 4 aromatic carbocycles. The van der Waals surface area contributed by atoms with Crippen molar-refractivity contribution < 1.29 is 19.1 Å². The summed E-state index contributed by atoms with van der Waals surface area (Å²) in [6.45, 7) is 0.980. The van der Waals surface area contributed by atoms with E-state index in [4.69, 9.17) is 16.2 Å². The molecule has 3 amide bonds. The van der Waals surface area contributed by atoms with E-state index in [1.165, 1.54) is 0 Å². The lowest BCUT2D eigenvalue weighted by Crippen LogP contribution is -2.40. The van der Waals surface area contributed by atoms with E-state index in [9.17, 15) is 14.4 Å². The Balaban J connectivity index is 1.48. The third-order valence-corrected chi connectivity index (χ3v) is 6.16. The Kier molecular flexibility index (Phi) is 9.05. The minimum absolute atomic E-state index is 0.202. The van der Waals surface area contributed by atoms with Crippen molar-refractivity contribution in [2.75, 3.05) is 0 Å². The Morgan fingerprint density at radius 3 is 1.95 bits per heavy atom. The van der Waals surface area contributed by atoms with Gasteiger partial charge in [0, 0.05) is 24.2 Å². The van der Waals surface area contributed by atoms with Crippen LogP contribution in [0.3, 0.4) is 0 Å². The number of nitrogens with one attached hydrogen (secondary N) is 2. The predicted octanol–water partition coefficient (Wildman–Crippen LogP) is 3.61. The molecule has 6 N–H and O–H groups in total. The zero-order valence-electron chi connectivity index (χ0n) is 21.3. The van der Waals surface area contributed by atoms with E-state index in [-0.39, 0.29) is 12.5 Å². The number of nitrogens with two attached hydrogens (primary N) is 2.